The summed E-state index contributed by atoms with van der Waals surface area (Å²) in [6.45, 7) is 0.720. The smallest absolute Gasteiger partial charge is 0.412 e. The van der Waals surface area contributed by atoms with Crippen LogP contribution in [-0.2, 0) is 6.54 Å². The molecule has 1 aliphatic rings. The molecule has 1 aromatic heterocycles. The number of hydrogen-bond donors (Lipinski definition) is 0. The van der Waals surface area contributed by atoms with Crippen LogP contribution >= 0.6 is 0 Å². The topological polar surface area (TPSA) is 56.1 Å². The first kappa shape index (κ1) is 16.3. The minimum atomic E-state index is -4.27. The highest BCUT2D eigenvalue weighted by molar-refractivity contribution is 5.37. The number of para-hydroxylation sites is 1. The average molecular weight is 339 g/mol. The molecule has 0 bridgehead atoms. The van der Waals surface area contributed by atoms with Gasteiger partial charge in [-0.2, -0.15) is 13.2 Å². The Labute approximate surface area is 136 Å². The van der Waals surface area contributed by atoms with Gasteiger partial charge in [0.25, 0.3) is 0 Å². The van der Waals surface area contributed by atoms with Crippen LogP contribution in [0.3, 0.4) is 0 Å². The van der Waals surface area contributed by atoms with Crippen LogP contribution in [0.1, 0.15) is 12.0 Å². The number of methoxy groups -OCH3 is 1. The van der Waals surface area contributed by atoms with Gasteiger partial charge in [-0.1, -0.05) is 29.4 Å². The number of alkyl halides is 3. The summed E-state index contributed by atoms with van der Waals surface area (Å²) < 4.78 is 45.0. The van der Waals surface area contributed by atoms with E-state index >= 15 is 0 Å². The van der Waals surface area contributed by atoms with E-state index in [0.29, 0.717) is 18.2 Å². The fraction of sp³-hybridized carbons (Fsp3) is 0.400. The highest BCUT2D eigenvalue weighted by Crippen LogP contribution is 2.31. The molecule has 24 heavy (non-hydrogen) atoms. The molecule has 0 saturated carbocycles. The zero-order valence-electron chi connectivity index (χ0n) is 13.0. The van der Waals surface area contributed by atoms with Gasteiger partial charge in [-0.3, -0.25) is 0 Å². The summed E-state index contributed by atoms with van der Waals surface area (Å²) in [5.41, 5.74) is 0.389. The Morgan fingerprint density at radius 3 is 2.71 bits per heavy atom. The number of ether oxygens (including phenoxy) is 1. The molecule has 3 rings (SSSR count). The molecule has 0 unspecified atom stereocenters. The Kier molecular flexibility index (Phi) is 4.41. The maximum absolute atomic E-state index is 12.7. The molecular weight excluding hydrogens is 323 g/mol. The number of nitrogens with zero attached hydrogens (tertiary/aromatic N) is 5. The van der Waals surface area contributed by atoms with Crippen LogP contribution < -0.4 is 9.64 Å². The second kappa shape index (κ2) is 6.50. The lowest BCUT2D eigenvalue weighted by molar-refractivity contribution is -0.0944. The van der Waals surface area contributed by atoms with Gasteiger partial charge in [0, 0.05) is 24.2 Å². The van der Waals surface area contributed by atoms with Crippen molar-refractivity contribution in [3.05, 3.63) is 41.5 Å². The van der Waals surface area contributed by atoms with Crippen molar-refractivity contribution in [2.45, 2.75) is 19.1 Å². The molecule has 1 aromatic carbocycles. The van der Waals surface area contributed by atoms with Gasteiger partial charge in [-0.25, -0.2) is 4.68 Å². The fourth-order valence-corrected chi connectivity index (χ4v) is 2.63. The van der Waals surface area contributed by atoms with Gasteiger partial charge in [0.05, 0.1) is 13.7 Å². The third kappa shape index (κ3) is 3.34. The molecule has 0 radical (unpaired) electrons. The quantitative estimate of drug-likeness (QED) is 0.801. The van der Waals surface area contributed by atoms with Crippen molar-refractivity contribution in [1.82, 2.24) is 20.2 Å². The molecule has 0 spiro atoms. The molecule has 6 nitrogen and oxygen atoms in total. The van der Waals surface area contributed by atoms with Crippen molar-refractivity contribution in [1.29, 1.82) is 0 Å². The lowest BCUT2D eigenvalue weighted by atomic mass is 10.1. The van der Waals surface area contributed by atoms with Crippen LogP contribution in [-0.4, -0.2) is 46.6 Å². The third-order valence-corrected chi connectivity index (χ3v) is 3.88. The van der Waals surface area contributed by atoms with E-state index in [1.807, 2.05) is 24.3 Å². The van der Waals surface area contributed by atoms with Crippen LogP contribution in [0.15, 0.2) is 35.9 Å². The van der Waals surface area contributed by atoms with Gasteiger partial charge in [-0.15, -0.1) is 0 Å². The van der Waals surface area contributed by atoms with Gasteiger partial charge in [0.1, 0.15) is 5.75 Å². The first-order valence-electron chi connectivity index (χ1n) is 7.38. The van der Waals surface area contributed by atoms with Gasteiger partial charge in [0.2, 0.25) is 5.95 Å². The van der Waals surface area contributed by atoms with Crippen molar-refractivity contribution in [3.63, 3.8) is 0 Å². The van der Waals surface area contributed by atoms with E-state index in [-0.39, 0.29) is 19.5 Å². The van der Waals surface area contributed by atoms with Crippen molar-refractivity contribution in [2.75, 3.05) is 25.1 Å². The van der Waals surface area contributed by atoms with E-state index in [9.17, 15) is 13.2 Å². The maximum Gasteiger partial charge on any atom is 0.412 e. The van der Waals surface area contributed by atoms with Crippen molar-refractivity contribution >= 4 is 5.95 Å². The van der Waals surface area contributed by atoms with Crippen LogP contribution in [0.25, 0.3) is 0 Å². The molecule has 0 atom stereocenters. The van der Waals surface area contributed by atoms with E-state index in [0.717, 1.165) is 5.56 Å². The lowest BCUT2D eigenvalue weighted by Crippen LogP contribution is -2.34. The summed E-state index contributed by atoms with van der Waals surface area (Å²) in [6.07, 6.45) is -3.16. The second-order valence-corrected chi connectivity index (χ2v) is 5.37. The molecular formula is C15H16F3N5O. The Hall–Kier alpha value is -2.58. The minimum absolute atomic E-state index is 0.0784. The minimum Gasteiger partial charge on any atom is -0.496 e. The average Bonchev–Trinajstić information content (AvgIpc) is 3.03. The number of rotatable bonds is 4. The van der Waals surface area contributed by atoms with Crippen molar-refractivity contribution in [3.8, 4) is 5.75 Å². The van der Waals surface area contributed by atoms with E-state index in [4.69, 9.17) is 4.74 Å². The van der Waals surface area contributed by atoms with Gasteiger partial charge in [0.15, 0.2) is 0 Å². The van der Waals surface area contributed by atoms with Crippen LogP contribution in [0.5, 0.6) is 5.75 Å². The number of aromatic nitrogens is 4. The summed E-state index contributed by atoms with van der Waals surface area (Å²) >= 11 is 0. The molecule has 0 fully saturated rings. The van der Waals surface area contributed by atoms with Gasteiger partial charge in [-0.05, 0) is 22.9 Å². The summed E-state index contributed by atoms with van der Waals surface area (Å²) in [6, 6.07) is 7.46. The summed E-state index contributed by atoms with van der Waals surface area (Å²) in [7, 11) is 1.58. The summed E-state index contributed by atoms with van der Waals surface area (Å²) in [4.78, 5) is 1.73. The molecule has 2 heterocycles. The predicted molar refractivity (Wildman–Crippen MR) is 80.9 cm³/mol. The van der Waals surface area contributed by atoms with E-state index < -0.39 is 11.7 Å². The number of benzene rings is 1. The first-order chi connectivity index (χ1) is 11.5. The molecule has 0 saturated heterocycles. The molecule has 9 heteroatoms. The zero-order valence-corrected chi connectivity index (χ0v) is 13.0. The maximum atomic E-state index is 12.7. The highest BCUT2D eigenvalue weighted by atomic mass is 19.4. The predicted octanol–water partition coefficient (Wildman–Crippen LogP) is 2.43. The number of anilines is 1. The Morgan fingerprint density at radius 1 is 1.25 bits per heavy atom. The van der Waals surface area contributed by atoms with E-state index in [2.05, 4.69) is 15.5 Å². The Bertz CT molecular complexity index is 741. The monoisotopic (exact) mass is 339 g/mol. The Morgan fingerprint density at radius 2 is 2.04 bits per heavy atom. The molecule has 2 aromatic rings. The van der Waals surface area contributed by atoms with Crippen molar-refractivity contribution in [2.24, 2.45) is 0 Å². The van der Waals surface area contributed by atoms with Crippen LogP contribution in [0, 0.1) is 0 Å². The molecule has 128 valence electrons. The van der Waals surface area contributed by atoms with Crippen molar-refractivity contribution < 1.29 is 17.9 Å². The number of hydrogen-bond acceptors (Lipinski definition) is 5. The molecule has 1 aliphatic heterocycles. The lowest BCUT2D eigenvalue weighted by Gasteiger charge is -2.27. The summed E-state index contributed by atoms with van der Waals surface area (Å²) in [5, 5.41) is 11.6. The SMILES string of the molecule is COc1ccccc1Cn1nnnc1N1CC=C(C(F)(F)F)CC1. The zero-order chi connectivity index (χ0) is 17.2. The Balaban J connectivity index is 1.78. The fourth-order valence-electron chi connectivity index (χ4n) is 2.63. The number of tetrazole rings is 1. The normalized spacial score (nSPS) is 15.3. The standard InChI is InChI=1S/C15H16F3N5O/c1-24-13-5-3-2-4-11(13)10-23-14(19-20-21-23)22-8-6-12(7-9-22)15(16,17)18/h2-6H,7-10H2,1H3. The number of halogens is 3. The molecule has 0 N–H and O–H groups in total. The third-order valence-electron chi connectivity index (χ3n) is 3.88. The first-order valence-corrected chi connectivity index (χ1v) is 7.38. The molecule has 0 aliphatic carbocycles. The van der Waals surface area contributed by atoms with Crippen LogP contribution in [0.4, 0.5) is 19.1 Å². The van der Waals surface area contributed by atoms with Gasteiger partial charge >= 0.3 is 6.18 Å². The van der Waals surface area contributed by atoms with E-state index in [1.165, 1.54) is 6.08 Å². The van der Waals surface area contributed by atoms with Crippen LogP contribution in [0.2, 0.25) is 0 Å². The second-order valence-electron chi connectivity index (χ2n) is 5.37. The van der Waals surface area contributed by atoms with Gasteiger partial charge < -0.3 is 9.64 Å². The molecule has 0 amide bonds. The summed E-state index contributed by atoms with van der Waals surface area (Å²) in [5.74, 6) is 1.15. The van der Waals surface area contributed by atoms with E-state index in [1.54, 1.807) is 16.7 Å². The highest BCUT2D eigenvalue weighted by Gasteiger charge is 2.35. The largest absolute Gasteiger partial charge is 0.496 e.